The summed E-state index contributed by atoms with van der Waals surface area (Å²) in [4.78, 5) is 12.1. The van der Waals surface area contributed by atoms with Crippen LogP contribution in [-0.4, -0.2) is 12.6 Å². The molecule has 0 bridgehead atoms. The highest BCUT2D eigenvalue weighted by Crippen LogP contribution is 2.54. The monoisotopic (exact) mass is 224 g/mol. The third-order valence-corrected chi connectivity index (χ3v) is 4.70. The molecular weight excluding hydrogens is 200 g/mol. The molecule has 92 valence electrons. The molecule has 0 aromatic heterocycles. The molecule has 0 N–H and O–H groups in total. The fraction of sp³-hybridized carbons (Fsp3) is 0.929. The molecule has 0 unspecified atom stereocenters. The van der Waals surface area contributed by atoms with Crippen molar-refractivity contribution in [1.29, 1.82) is 0 Å². The summed E-state index contributed by atoms with van der Waals surface area (Å²) >= 11 is 0. The van der Waals surface area contributed by atoms with Gasteiger partial charge in [-0.05, 0) is 43.9 Å². The third kappa shape index (κ3) is 1.99. The van der Waals surface area contributed by atoms with Crippen LogP contribution in [0.2, 0.25) is 0 Å². The molecule has 0 amide bonds. The van der Waals surface area contributed by atoms with Crippen LogP contribution in [0.3, 0.4) is 0 Å². The van der Waals surface area contributed by atoms with Crippen molar-refractivity contribution in [1.82, 2.24) is 0 Å². The van der Waals surface area contributed by atoms with Gasteiger partial charge in [-0.15, -0.1) is 0 Å². The maximum Gasteiger partial charge on any atom is 0.309 e. The Balaban J connectivity index is 2.17. The Bertz CT molecular complexity index is 253. The van der Waals surface area contributed by atoms with Gasteiger partial charge in [0.05, 0.1) is 12.5 Å². The van der Waals surface area contributed by atoms with E-state index in [0.717, 1.165) is 0 Å². The van der Waals surface area contributed by atoms with E-state index in [1.165, 1.54) is 44.9 Å². The summed E-state index contributed by atoms with van der Waals surface area (Å²) in [7, 11) is 0. The minimum atomic E-state index is 0.0802. The van der Waals surface area contributed by atoms with Crippen LogP contribution in [0.15, 0.2) is 0 Å². The molecule has 0 aromatic rings. The van der Waals surface area contributed by atoms with Crippen LogP contribution in [0.25, 0.3) is 0 Å². The van der Waals surface area contributed by atoms with Crippen molar-refractivity contribution in [3.05, 3.63) is 0 Å². The molecular formula is C14H24O2. The van der Waals surface area contributed by atoms with Gasteiger partial charge in [0.25, 0.3) is 0 Å². The van der Waals surface area contributed by atoms with E-state index in [1.54, 1.807) is 0 Å². The first-order chi connectivity index (χ1) is 7.69. The van der Waals surface area contributed by atoms with E-state index in [4.69, 9.17) is 4.74 Å². The highest BCUT2D eigenvalue weighted by Gasteiger charge is 2.49. The number of esters is 1. The Hall–Kier alpha value is -0.530. The van der Waals surface area contributed by atoms with Crippen molar-refractivity contribution in [2.24, 2.45) is 17.3 Å². The second kappa shape index (κ2) is 4.77. The van der Waals surface area contributed by atoms with Crippen LogP contribution in [-0.2, 0) is 9.53 Å². The van der Waals surface area contributed by atoms with Gasteiger partial charge in [0.15, 0.2) is 0 Å². The van der Waals surface area contributed by atoms with Crippen molar-refractivity contribution >= 4 is 5.97 Å². The molecule has 2 nitrogen and oxygen atoms in total. The SMILES string of the molecule is CCOC(=O)[C@H]1[C@H](C)CCCC12CCCC2. The molecule has 2 atom stereocenters. The smallest absolute Gasteiger partial charge is 0.309 e. The fourth-order valence-corrected chi connectivity index (χ4v) is 4.06. The number of hydrogen-bond donors (Lipinski definition) is 0. The minimum absolute atomic E-state index is 0.0802. The fourth-order valence-electron chi connectivity index (χ4n) is 4.06. The molecule has 0 heterocycles. The summed E-state index contributed by atoms with van der Waals surface area (Å²) in [5.41, 5.74) is 0.309. The van der Waals surface area contributed by atoms with Gasteiger partial charge in [-0.25, -0.2) is 0 Å². The van der Waals surface area contributed by atoms with Gasteiger partial charge in [-0.1, -0.05) is 26.2 Å². The zero-order valence-corrected chi connectivity index (χ0v) is 10.6. The van der Waals surface area contributed by atoms with E-state index in [2.05, 4.69) is 6.92 Å². The average Bonchev–Trinajstić information content (AvgIpc) is 2.67. The van der Waals surface area contributed by atoms with Crippen LogP contribution in [0.5, 0.6) is 0 Å². The lowest BCUT2D eigenvalue weighted by Crippen LogP contribution is -2.42. The third-order valence-electron chi connectivity index (χ3n) is 4.70. The Kier molecular flexibility index (Phi) is 3.56. The van der Waals surface area contributed by atoms with Gasteiger partial charge in [-0.2, -0.15) is 0 Å². The first-order valence-corrected chi connectivity index (χ1v) is 6.86. The van der Waals surface area contributed by atoms with E-state index >= 15 is 0 Å². The second-order valence-corrected chi connectivity index (χ2v) is 5.67. The van der Waals surface area contributed by atoms with Crippen molar-refractivity contribution in [3.63, 3.8) is 0 Å². The van der Waals surface area contributed by atoms with Gasteiger partial charge >= 0.3 is 5.97 Å². The predicted octanol–water partition coefficient (Wildman–Crippen LogP) is 3.55. The molecule has 2 aliphatic carbocycles. The second-order valence-electron chi connectivity index (χ2n) is 5.67. The Morgan fingerprint density at radius 2 is 1.88 bits per heavy atom. The topological polar surface area (TPSA) is 26.3 Å². The predicted molar refractivity (Wildman–Crippen MR) is 64.0 cm³/mol. The number of carbonyl (C=O) groups is 1. The number of carbonyl (C=O) groups excluding carboxylic acids is 1. The van der Waals surface area contributed by atoms with Gasteiger partial charge in [0, 0.05) is 0 Å². The van der Waals surface area contributed by atoms with E-state index in [0.29, 0.717) is 17.9 Å². The molecule has 2 rings (SSSR count). The van der Waals surface area contributed by atoms with Crippen molar-refractivity contribution in [2.45, 2.75) is 58.8 Å². The first-order valence-electron chi connectivity index (χ1n) is 6.86. The minimum Gasteiger partial charge on any atom is -0.466 e. The van der Waals surface area contributed by atoms with E-state index in [9.17, 15) is 4.79 Å². The summed E-state index contributed by atoms with van der Waals surface area (Å²) in [5, 5.41) is 0. The largest absolute Gasteiger partial charge is 0.466 e. The highest BCUT2D eigenvalue weighted by atomic mass is 16.5. The van der Waals surface area contributed by atoms with Gasteiger partial charge in [-0.3, -0.25) is 4.79 Å². The van der Waals surface area contributed by atoms with Crippen LogP contribution in [0.1, 0.15) is 58.8 Å². The van der Waals surface area contributed by atoms with Gasteiger partial charge in [0.2, 0.25) is 0 Å². The summed E-state index contributed by atoms with van der Waals surface area (Å²) in [6.45, 7) is 4.67. The highest BCUT2D eigenvalue weighted by molar-refractivity contribution is 5.74. The van der Waals surface area contributed by atoms with Crippen molar-refractivity contribution < 1.29 is 9.53 Å². The summed E-state index contributed by atoms with van der Waals surface area (Å²) in [5.74, 6) is 0.784. The lowest BCUT2D eigenvalue weighted by molar-refractivity contribution is -0.158. The summed E-state index contributed by atoms with van der Waals surface area (Å²) in [6.07, 6.45) is 8.87. The zero-order chi connectivity index (χ0) is 11.6. The average molecular weight is 224 g/mol. The number of ether oxygens (including phenoxy) is 1. The Morgan fingerprint density at radius 3 is 2.50 bits per heavy atom. The van der Waals surface area contributed by atoms with Crippen LogP contribution in [0, 0.1) is 17.3 Å². The molecule has 2 heteroatoms. The van der Waals surface area contributed by atoms with Crippen molar-refractivity contribution in [2.75, 3.05) is 6.61 Å². The number of hydrogen-bond acceptors (Lipinski definition) is 2. The van der Waals surface area contributed by atoms with E-state index in [1.807, 2.05) is 6.92 Å². The zero-order valence-electron chi connectivity index (χ0n) is 10.6. The lowest BCUT2D eigenvalue weighted by Gasteiger charge is -2.43. The molecule has 2 saturated carbocycles. The molecule has 0 aliphatic heterocycles. The standard InChI is InChI=1S/C14H24O2/c1-3-16-13(15)12-11(2)7-6-10-14(12)8-4-5-9-14/h11-12H,3-10H2,1-2H3/t11-,12-/m1/s1. The van der Waals surface area contributed by atoms with Crippen molar-refractivity contribution in [3.8, 4) is 0 Å². The van der Waals surface area contributed by atoms with Crippen LogP contribution >= 0.6 is 0 Å². The molecule has 16 heavy (non-hydrogen) atoms. The van der Waals surface area contributed by atoms with Gasteiger partial charge in [0.1, 0.15) is 0 Å². The Morgan fingerprint density at radius 1 is 1.25 bits per heavy atom. The molecule has 2 fully saturated rings. The molecule has 0 radical (unpaired) electrons. The molecule has 1 spiro atoms. The molecule has 0 aromatic carbocycles. The Labute approximate surface area is 98.7 Å². The van der Waals surface area contributed by atoms with E-state index < -0.39 is 0 Å². The van der Waals surface area contributed by atoms with Crippen LogP contribution in [0.4, 0.5) is 0 Å². The molecule has 0 saturated heterocycles. The maximum absolute atomic E-state index is 12.1. The number of rotatable bonds is 2. The van der Waals surface area contributed by atoms with Crippen LogP contribution < -0.4 is 0 Å². The maximum atomic E-state index is 12.1. The lowest BCUT2D eigenvalue weighted by atomic mass is 9.61. The summed E-state index contributed by atoms with van der Waals surface area (Å²) in [6, 6.07) is 0. The quantitative estimate of drug-likeness (QED) is 0.670. The summed E-state index contributed by atoms with van der Waals surface area (Å²) < 4.78 is 5.30. The first kappa shape index (κ1) is 11.9. The normalized spacial score (nSPS) is 32.9. The molecule has 2 aliphatic rings. The van der Waals surface area contributed by atoms with E-state index in [-0.39, 0.29) is 11.9 Å². The van der Waals surface area contributed by atoms with Gasteiger partial charge < -0.3 is 4.74 Å².